The summed E-state index contributed by atoms with van der Waals surface area (Å²) in [5, 5.41) is 0. The third-order valence-corrected chi connectivity index (χ3v) is 7.42. The molecule has 2 aromatic carbocycles. The normalized spacial score (nSPS) is 14.6. The van der Waals surface area contributed by atoms with Crippen molar-refractivity contribution in [2.24, 2.45) is 0 Å². The molecule has 2 aromatic rings. The predicted octanol–water partition coefficient (Wildman–Crippen LogP) is 3.60. The second-order valence-corrected chi connectivity index (χ2v) is 9.64. The molecule has 0 atom stereocenters. The Balaban J connectivity index is 1.89. The van der Waals surface area contributed by atoms with Crippen LogP contribution >= 0.6 is 11.8 Å². The Labute approximate surface area is 169 Å². The molecule has 0 spiro atoms. The Morgan fingerprint density at radius 2 is 1.79 bits per heavy atom. The van der Waals surface area contributed by atoms with Crippen molar-refractivity contribution in [2.45, 2.75) is 29.2 Å². The predicted molar refractivity (Wildman–Crippen MR) is 108 cm³/mol. The molecule has 1 aliphatic rings. The van der Waals surface area contributed by atoms with Gasteiger partial charge in [-0.2, -0.15) is 4.31 Å². The third-order valence-electron chi connectivity index (χ3n) is 4.82. The van der Waals surface area contributed by atoms with E-state index in [1.54, 1.807) is 23.1 Å². The van der Waals surface area contributed by atoms with Crippen LogP contribution in [0.1, 0.15) is 28.8 Å². The molecule has 8 heteroatoms. The molecule has 1 heterocycles. The summed E-state index contributed by atoms with van der Waals surface area (Å²) in [6.07, 6.45) is 3.81. The van der Waals surface area contributed by atoms with E-state index < -0.39 is 10.0 Å². The van der Waals surface area contributed by atoms with Crippen molar-refractivity contribution in [3.05, 3.63) is 59.4 Å². The van der Waals surface area contributed by atoms with E-state index in [4.69, 9.17) is 0 Å². The number of hydrogen-bond acceptors (Lipinski definition) is 4. The van der Waals surface area contributed by atoms with Crippen molar-refractivity contribution in [3.8, 4) is 0 Å². The molecule has 150 valence electrons. The Kier molecular flexibility index (Phi) is 6.42. The lowest BCUT2D eigenvalue weighted by Gasteiger charge is -2.20. The molecular formula is C20H23FN2O3S2. The molecule has 0 radical (unpaired) electrons. The molecule has 28 heavy (non-hydrogen) atoms. The highest BCUT2D eigenvalue weighted by atomic mass is 32.2. The molecule has 1 aliphatic heterocycles. The minimum Gasteiger partial charge on any atom is -0.339 e. The first-order valence-corrected chi connectivity index (χ1v) is 11.7. The monoisotopic (exact) mass is 422 g/mol. The first kappa shape index (κ1) is 20.8. The maximum Gasteiger partial charge on any atom is 0.255 e. The molecule has 0 aliphatic carbocycles. The van der Waals surface area contributed by atoms with Gasteiger partial charge in [-0.1, -0.05) is 12.1 Å². The lowest BCUT2D eigenvalue weighted by molar-refractivity contribution is 0.0789. The van der Waals surface area contributed by atoms with Gasteiger partial charge in [0.05, 0.1) is 10.5 Å². The average molecular weight is 423 g/mol. The summed E-state index contributed by atoms with van der Waals surface area (Å²) in [4.78, 5) is 15.5. The van der Waals surface area contributed by atoms with E-state index in [2.05, 4.69) is 0 Å². The number of rotatable bonds is 6. The Morgan fingerprint density at radius 1 is 1.14 bits per heavy atom. The molecule has 0 N–H and O–H groups in total. The highest BCUT2D eigenvalue weighted by molar-refractivity contribution is 7.98. The topological polar surface area (TPSA) is 57.7 Å². The van der Waals surface area contributed by atoms with Crippen molar-refractivity contribution in [1.82, 2.24) is 9.21 Å². The van der Waals surface area contributed by atoms with Crippen LogP contribution in [-0.2, 0) is 16.6 Å². The summed E-state index contributed by atoms with van der Waals surface area (Å²) >= 11 is 1.42. The fourth-order valence-corrected chi connectivity index (χ4v) is 4.97. The van der Waals surface area contributed by atoms with Crippen molar-refractivity contribution >= 4 is 27.7 Å². The van der Waals surface area contributed by atoms with Crippen LogP contribution in [0.15, 0.2) is 52.3 Å². The maximum absolute atomic E-state index is 13.1. The molecule has 0 saturated carbocycles. The number of likely N-dealkylation sites (tertiary alicyclic amines) is 1. The zero-order valence-corrected chi connectivity index (χ0v) is 17.5. The molecule has 1 amide bonds. The summed E-state index contributed by atoms with van der Waals surface area (Å²) in [7, 11) is -2.32. The van der Waals surface area contributed by atoms with Crippen LogP contribution in [0.3, 0.4) is 0 Å². The van der Waals surface area contributed by atoms with Crippen LogP contribution in [0.2, 0.25) is 0 Å². The van der Waals surface area contributed by atoms with Gasteiger partial charge >= 0.3 is 0 Å². The van der Waals surface area contributed by atoms with Crippen LogP contribution < -0.4 is 0 Å². The lowest BCUT2D eigenvalue weighted by atomic mass is 10.2. The zero-order valence-electron chi connectivity index (χ0n) is 15.9. The van der Waals surface area contributed by atoms with E-state index in [-0.39, 0.29) is 23.2 Å². The lowest BCUT2D eigenvalue weighted by Crippen LogP contribution is -2.29. The maximum atomic E-state index is 13.1. The molecule has 5 nitrogen and oxygen atoms in total. The Hall–Kier alpha value is -1.90. The van der Waals surface area contributed by atoms with Gasteiger partial charge in [0.2, 0.25) is 10.0 Å². The van der Waals surface area contributed by atoms with Gasteiger partial charge in [0, 0.05) is 31.6 Å². The molecule has 0 bridgehead atoms. The van der Waals surface area contributed by atoms with Gasteiger partial charge in [0.15, 0.2) is 0 Å². The van der Waals surface area contributed by atoms with Gasteiger partial charge in [-0.3, -0.25) is 4.79 Å². The van der Waals surface area contributed by atoms with Crippen LogP contribution in [-0.4, -0.2) is 49.9 Å². The molecule has 3 rings (SSSR count). The highest BCUT2D eigenvalue weighted by Gasteiger charge is 2.26. The van der Waals surface area contributed by atoms with E-state index in [0.29, 0.717) is 24.2 Å². The minimum atomic E-state index is -3.79. The summed E-state index contributed by atoms with van der Waals surface area (Å²) < 4.78 is 40.3. The van der Waals surface area contributed by atoms with Gasteiger partial charge in [0.1, 0.15) is 5.82 Å². The van der Waals surface area contributed by atoms with Gasteiger partial charge in [-0.25, -0.2) is 12.8 Å². The number of nitrogens with zero attached hydrogens (tertiary/aromatic N) is 2. The summed E-state index contributed by atoms with van der Waals surface area (Å²) in [6.45, 7) is 1.52. The third kappa shape index (κ3) is 4.39. The first-order valence-electron chi connectivity index (χ1n) is 9.01. The van der Waals surface area contributed by atoms with Crippen molar-refractivity contribution in [1.29, 1.82) is 0 Å². The highest BCUT2D eigenvalue weighted by Crippen LogP contribution is 2.27. The molecule has 0 aromatic heterocycles. The van der Waals surface area contributed by atoms with E-state index in [1.807, 2.05) is 6.26 Å². The number of benzene rings is 2. The van der Waals surface area contributed by atoms with Crippen LogP contribution in [0.5, 0.6) is 0 Å². The quantitative estimate of drug-likeness (QED) is 0.668. The number of carbonyl (C=O) groups is 1. The van der Waals surface area contributed by atoms with Crippen LogP contribution in [0.25, 0.3) is 0 Å². The van der Waals surface area contributed by atoms with E-state index in [1.165, 1.54) is 47.4 Å². The fourth-order valence-electron chi connectivity index (χ4n) is 3.22. The minimum absolute atomic E-state index is 0.0810. The average Bonchev–Trinajstić information content (AvgIpc) is 3.23. The Morgan fingerprint density at radius 3 is 2.39 bits per heavy atom. The van der Waals surface area contributed by atoms with Crippen molar-refractivity contribution in [2.75, 3.05) is 26.4 Å². The molecular weight excluding hydrogens is 399 g/mol. The van der Waals surface area contributed by atoms with Gasteiger partial charge in [-0.15, -0.1) is 11.8 Å². The zero-order chi connectivity index (χ0) is 20.3. The van der Waals surface area contributed by atoms with E-state index in [0.717, 1.165) is 17.7 Å². The number of sulfonamides is 1. The number of amides is 1. The van der Waals surface area contributed by atoms with Gasteiger partial charge in [-0.05, 0) is 55.0 Å². The van der Waals surface area contributed by atoms with Crippen molar-refractivity contribution in [3.63, 3.8) is 0 Å². The van der Waals surface area contributed by atoms with Crippen molar-refractivity contribution < 1.29 is 17.6 Å². The number of hydrogen-bond donors (Lipinski definition) is 0. The molecule has 1 fully saturated rings. The Bertz CT molecular complexity index is 956. The fraction of sp³-hybridized carbons (Fsp3) is 0.350. The van der Waals surface area contributed by atoms with Gasteiger partial charge in [0.25, 0.3) is 5.91 Å². The SMILES string of the molecule is CSc1ccc(S(=O)(=O)N(C)Cc2ccc(F)cc2)cc1C(=O)N1CCCC1. The van der Waals surface area contributed by atoms with E-state index >= 15 is 0 Å². The second-order valence-electron chi connectivity index (χ2n) is 6.75. The summed E-state index contributed by atoms with van der Waals surface area (Å²) in [6, 6.07) is 10.4. The van der Waals surface area contributed by atoms with E-state index in [9.17, 15) is 17.6 Å². The summed E-state index contributed by atoms with van der Waals surface area (Å²) in [5.41, 5.74) is 1.10. The molecule has 0 unspecified atom stereocenters. The molecule has 1 saturated heterocycles. The van der Waals surface area contributed by atoms with Gasteiger partial charge < -0.3 is 4.90 Å². The number of carbonyl (C=O) groups excluding carboxylic acids is 1. The summed E-state index contributed by atoms with van der Waals surface area (Å²) in [5.74, 6) is -0.493. The van der Waals surface area contributed by atoms with Crippen LogP contribution in [0, 0.1) is 5.82 Å². The smallest absolute Gasteiger partial charge is 0.255 e. The number of thioether (sulfide) groups is 1. The van der Waals surface area contributed by atoms with Crippen LogP contribution in [0.4, 0.5) is 4.39 Å². The standard InChI is InChI=1S/C20H23FN2O3S2/c1-22(14-15-5-7-16(21)8-6-15)28(25,26)17-9-10-19(27-2)18(13-17)20(24)23-11-3-4-12-23/h5-10,13H,3-4,11-12,14H2,1-2H3. The first-order chi connectivity index (χ1) is 13.3. The second kappa shape index (κ2) is 8.63. The largest absolute Gasteiger partial charge is 0.339 e. The number of halogens is 1.